The third kappa shape index (κ3) is 1.08. The van der Waals surface area contributed by atoms with Crippen molar-refractivity contribution in [2.24, 2.45) is 5.73 Å². The van der Waals surface area contributed by atoms with Crippen molar-refractivity contribution in [3.05, 3.63) is 23.7 Å². The minimum absolute atomic E-state index is 0.0700. The summed E-state index contributed by atoms with van der Waals surface area (Å²) in [5, 5.41) is 0. The van der Waals surface area contributed by atoms with E-state index >= 15 is 0 Å². The molecule has 0 bridgehead atoms. The van der Waals surface area contributed by atoms with Gasteiger partial charge in [-0.2, -0.15) is 0 Å². The number of fused-ring (bicyclic) bond motifs is 2. The Morgan fingerprint density at radius 1 is 1.60 bits per heavy atom. The fourth-order valence-electron chi connectivity index (χ4n) is 3.41. The van der Waals surface area contributed by atoms with Crippen molar-refractivity contribution >= 4 is 0 Å². The van der Waals surface area contributed by atoms with Crippen LogP contribution >= 0.6 is 0 Å². The van der Waals surface area contributed by atoms with Crippen molar-refractivity contribution < 1.29 is 4.42 Å². The molecular weight excluding hydrogens is 188 g/mol. The van der Waals surface area contributed by atoms with Crippen LogP contribution in [0.15, 0.2) is 16.7 Å². The molecule has 3 nitrogen and oxygen atoms in total. The van der Waals surface area contributed by atoms with E-state index in [0.717, 1.165) is 25.1 Å². The molecule has 1 spiro atoms. The summed E-state index contributed by atoms with van der Waals surface area (Å²) in [4.78, 5) is 2.42. The van der Waals surface area contributed by atoms with Gasteiger partial charge in [0.1, 0.15) is 5.76 Å². The molecule has 1 aliphatic heterocycles. The lowest BCUT2D eigenvalue weighted by Crippen LogP contribution is -2.51. The zero-order valence-electron chi connectivity index (χ0n) is 9.20. The molecule has 1 fully saturated rings. The molecule has 1 aromatic rings. The van der Waals surface area contributed by atoms with Gasteiger partial charge >= 0.3 is 0 Å². The van der Waals surface area contributed by atoms with Crippen molar-refractivity contribution in [1.82, 2.24) is 4.90 Å². The Kier molecular flexibility index (Phi) is 1.94. The maximum atomic E-state index is 6.33. The molecule has 15 heavy (non-hydrogen) atoms. The third-order valence-corrected chi connectivity index (χ3v) is 4.24. The van der Waals surface area contributed by atoms with Gasteiger partial charge in [0.2, 0.25) is 0 Å². The van der Waals surface area contributed by atoms with Crippen LogP contribution in [0.4, 0.5) is 0 Å². The number of furan rings is 1. The van der Waals surface area contributed by atoms with Gasteiger partial charge < -0.3 is 10.2 Å². The number of hydrogen-bond acceptors (Lipinski definition) is 3. The molecule has 2 N–H and O–H groups in total. The number of likely N-dealkylation sites (N-methyl/N-ethyl adjacent to an activating group) is 1. The highest BCUT2D eigenvalue weighted by Crippen LogP contribution is 2.45. The van der Waals surface area contributed by atoms with E-state index in [1.165, 1.54) is 18.4 Å². The molecule has 2 unspecified atom stereocenters. The molecule has 2 heterocycles. The summed E-state index contributed by atoms with van der Waals surface area (Å²) < 4.78 is 5.56. The van der Waals surface area contributed by atoms with Gasteiger partial charge in [0, 0.05) is 24.6 Å². The summed E-state index contributed by atoms with van der Waals surface area (Å²) in [5.41, 5.74) is 7.74. The molecule has 3 heteroatoms. The lowest BCUT2D eigenvalue weighted by Gasteiger charge is -2.42. The van der Waals surface area contributed by atoms with Gasteiger partial charge in [-0.05, 0) is 32.4 Å². The van der Waals surface area contributed by atoms with E-state index < -0.39 is 0 Å². The number of nitrogens with zero attached hydrogens (tertiary/aromatic N) is 1. The maximum Gasteiger partial charge on any atom is 0.108 e. The molecular formula is C12H18N2O. The second kappa shape index (κ2) is 3.09. The fraction of sp³-hybridized carbons (Fsp3) is 0.667. The Bertz CT molecular complexity index is 361. The molecule has 1 saturated heterocycles. The van der Waals surface area contributed by atoms with Crippen LogP contribution in [0, 0.1) is 0 Å². The number of nitrogens with two attached hydrogens (primary N) is 1. The fourth-order valence-corrected chi connectivity index (χ4v) is 3.41. The minimum atomic E-state index is 0.0700. The number of rotatable bonds is 0. The van der Waals surface area contributed by atoms with Crippen LogP contribution in [0.25, 0.3) is 0 Å². The summed E-state index contributed by atoms with van der Waals surface area (Å²) in [6, 6.07) is 2.38. The first-order valence-electron chi connectivity index (χ1n) is 5.79. The largest absolute Gasteiger partial charge is 0.469 e. The molecule has 0 aromatic carbocycles. The molecule has 0 radical (unpaired) electrons. The monoisotopic (exact) mass is 206 g/mol. The van der Waals surface area contributed by atoms with E-state index in [0.29, 0.717) is 0 Å². The third-order valence-electron chi connectivity index (χ3n) is 4.24. The minimum Gasteiger partial charge on any atom is -0.469 e. The number of hydrogen-bond donors (Lipinski definition) is 1. The predicted molar refractivity (Wildman–Crippen MR) is 58.5 cm³/mol. The van der Waals surface area contributed by atoms with Crippen molar-refractivity contribution in [2.75, 3.05) is 13.6 Å². The number of aryl methyl sites for hydroxylation is 1. The normalized spacial score (nSPS) is 36.0. The zero-order valence-corrected chi connectivity index (χ0v) is 9.20. The zero-order chi connectivity index (χ0) is 10.5. The summed E-state index contributed by atoms with van der Waals surface area (Å²) in [6.07, 6.45) is 6.36. The lowest BCUT2D eigenvalue weighted by atomic mass is 9.75. The molecule has 2 atom stereocenters. The first-order chi connectivity index (χ1) is 7.25. The van der Waals surface area contributed by atoms with E-state index in [9.17, 15) is 0 Å². The first kappa shape index (κ1) is 9.43. The highest BCUT2D eigenvalue weighted by atomic mass is 16.3. The van der Waals surface area contributed by atoms with Crippen molar-refractivity contribution in [1.29, 1.82) is 0 Å². The molecule has 3 rings (SSSR count). The second-order valence-corrected chi connectivity index (χ2v) is 4.85. The standard InChI is InChI=1S/C12H18N2O/c1-14-7-4-11(13)12(14)6-2-3-10-9(12)5-8-15-10/h5,8,11H,2-4,6-7,13H2,1H3. The lowest BCUT2D eigenvalue weighted by molar-refractivity contribution is 0.128. The van der Waals surface area contributed by atoms with Gasteiger partial charge in [-0.25, -0.2) is 0 Å². The van der Waals surface area contributed by atoms with Crippen LogP contribution in [-0.2, 0) is 12.0 Å². The molecule has 82 valence electrons. The molecule has 1 aromatic heterocycles. The van der Waals surface area contributed by atoms with Gasteiger partial charge in [0.15, 0.2) is 0 Å². The van der Waals surface area contributed by atoms with E-state index in [1.54, 1.807) is 0 Å². The molecule has 0 saturated carbocycles. The van der Waals surface area contributed by atoms with Gasteiger partial charge in [0.05, 0.1) is 11.8 Å². The number of likely N-dealkylation sites (tertiary alicyclic amines) is 1. The average Bonchev–Trinajstić information content (AvgIpc) is 2.81. The van der Waals surface area contributed by atoms with Crippen LogP contribution < -0.4 is 5.73 Å². The van der Waals surface area contributed by atoms with Crippen LogP contribution in [0.2, 0.25) is 0 Å². The van der Waals surface area contributed by atoms with E-state index in [2.05, 4.69) is 18.0 Å². The smallest absolute Gasteiger partial charge is 0.108 e. The van der Waals surface area contributed by atoms with Crippen LogP contribution in [0.1, 0.15) is 30.6 Å². The first-order valence-corrected chi connectivity index (χ1v) is 5.79. The van der Waals surface area contributed by atoms with Crippen molar-refractivity contribution in [3.8, 4) is 0 Å². The highest BCUT2D eigenvalue weighted by molar-refractivity contribution is 5.33. The maximum absolute atomic E-state index is 6.33. The van der Waals surface area contributed by atoms with E-state index in [-0.39, 0.29) is 11.6 Å². The quantitative estimate of drug-likeness (QED) is 0.699. The van der Waals surface area contributed by atoms with Gasteiger partial charge in [-0.1, -0.05) is 0 Å². The predicted octanol–water partition coefficient (Wildman–Crippen LogP) is 1.47. The van der Waals surface area contributed by atoms with Gasteiger partial charge in [-0.3, -0.25) is 4.90 Å². The average molecular weight is 206 g/mol. The Morgan fingerprint density at radius 3 is 3.20 bits per heavy atom. The Balaban J connectivity index is 2.14. The van der Waals surface area contributed by atoms with Gasteiger partial charge in [-0.15, -0.1) is 0 Å². The van der Waals surface area contributed by atoms with Crippen LogP contribution in [-0.4, -0.2) is 24.5 Å². The Morgan fingerprint density at radius 2 is 2.47 bits per heavy atom. The van der Waals surface area contributed by atoms with Crippen LogP contribution in [0.3, 0.4) is 0 Å². The Labute approximate surface area is 90.2 Å². The SMILES string of the molecule is CN1CCC(N)C12CCCc1occc12. The molecule has 0 amide bonds. The summed E-state index contributed by atoms with van der Waals surface area (Å²) in [7, 11) is 2.19. The molecule has 1 aliphatic carbocycles. The summed E-state index contributed by atoms with van der Waals surface area (Å²) in [6.45, 7) is 1.10. The Hall–Kier alpha value is -0.800. The van der Waals surface area contributed by atoms with Crippen molar-refractivity contribution in [3.63, 3.8) is 0 Å². The second-order valence-electron chi connectivity index (χ2n) is 4.85. The molecule has 2 aliphatic rings. The van der Waals surface area contributed by atoms with E-state index in [4.69, 9.17) is 10.2 Å². The van der Waals surface area contributed by atoms with Crippen LogP contribution in [0.5, 0.6) is 0 Å². The topological polar surface area (TPSA) is 42.4 Å². The van der Waals surface area contributed by atoms with Crippen molar-refractivity contribution in [2.45, 2.75) is 37.3 Å². The van der Waals surface area contributed by atoms with E-state index in [1.807, 2.05) is 6.26 Å². The summed E-state index contributed by atoms with van der Waals surface area (Å²) in [5.74, 6) is 1.16. The summed E-state index contributed by atoms with van der Waals surface area (Å²) >= 11 is 0. The van der Waals surface area contributed by atoms with Gasteiger partial charge in [0.25, 0.3) is 0 Å². The highest BCUT2D eigenvalue weighted by Gasteiger charge is 2.49.